The number of aliphatic carboxylic acids is 1. The molecule has 4 aromatic rings. The number of aromatic nitrogens is 1. The third kappa shape index (κ3) is 6.57. The Kier molecular flexibility index (Phi) is 9.37. The fraction of sp³-hybridized carbons (Fsp3) is 0.226. The van der Waals surface area contributed by atoms with E-state index in [1.165, 1.54) is 12.3 Å². The van der Waals surface area contributed by atoms with E-state index in [0.29, 0.717) is 51.1 Å². The molecule has 3 N–H and O–H groups in total. The van der Waals surface area contributed by atoms with Crippen molar-refractivity contribution in [2.45, 2.75) is 25.9 Å². The van der Waals surface area contributed by atoms with Crippen molar-refractivity contribution in [1.82, 2.24) is 19.5 Å². The van der Waals surface area contributed by atoms with Crippen LogP contribution >= 0.6 is 34.8 Å². The zero-order valence-corrected chi connectivity index (χ0v) is 27.5. The molecule has 15 heteroatoms. The van der Waals surface area contributed by atoms with E-state index >= 15 is 0 Å². The number of halogens is 3. The predicted molar refractivity (Wildman–Crippen MR) is 174 cm³/mol. The van der Waals surface area contributed by atoms with Crippen LogP contribution in [0.25, 0.3) is 10.9 Å². The molecule has 0 spiro atoms. The molecule has 0 saturated heterocycles. The number of carbonyl (C=O) groups excluding carboxylic acids is 3. The van der Waals surface area contributed by atoms with Gasteiger partial charge < -0.3 is 20.6 Å². The number of carboxylic acid groups (broad SMARTS) is 1. The van der Waals surface area contributed by atoms with Crippen molar-refractivity contribution in [1.29, 1.82) is 0 Å². The molecule has 11 nitrogen and oxygen atoms in total. The highest BCUT2D eigenvalue weighted by Crippen LogP contribution is 2.35. The first-order valence-electron chi connectivity index (χ1n) is 13.8. The van der Waals surface area contributed by atoms with E-state index in [4.69, 9.17) is 34.8 Å². The van der Waals surface area contributed by atoms with Crippen molar-refractivity contribution < 1.29 is 32.7 Å². The molecule has 0 bridgehead atoms. The van der Waals surface area contributed by atoms with Crippen LogP contribution in [0.4, 0.5) is 0 Å². The number of nitrogens with one attached hydrogen (secondary N) is 2. The van der Waals surface area contributed by atoms with Crippen LogP contribution in [0.5, 0.6) is 0 Å². The summed E-state index contributed by atoms with van der Waals surface area (Å²) in [5, 5.41) is 15.6. The van der Waals surface area contributed by atoms with Gasteiger partial charge in [-0.25, -0.2) is 17.2 Å². The monoisotopic (exact) mass is 704 g/mol. The third-order valence-corrected chi connectivity index (χ3v) is 9.67. The highest BCUT2D eigenvalue weighted by Gasteiger charge is 2.30. The van der Waals surface area contributed by atoms with Gasteiger partial charge in [-0.3, -0.25) is 14.4 Å². The second-order valence-corrected chi connectivity index (χ2v) is 13.9. The summed E-state index contributed by atoms with van der Waals surface area (Å²) in [6, 6.07) is 11.4. The van der Waals surface area contributed by atoms with Crippen LogP contribution in [0.15, 0.2) is 54.7 Å². The number of fused-ring (bicyclic) bond motifs is 2. The van der Waals surface area contributed by atoms with Crippen molar-refractivity contribution in [3.8, 4) is 0 Å². The summed E-state index contributed by atoms with van der Waals surface area (Å²) in [5.41, 5.74) is 2.54. The van der Waals surface area contributed by atoms with Crippen molar-refractivity contribution in [2.75, 3.05) is 19.3 Å². The first kappa shape index (κ1) is 33.3. The topological polar surface area (TPSA) is 155 Å². The molecule has 1 aliphatic rings. The molecular formula is C31H27Cl3N4O7S. The minimum absolute atomic E-state index is 0.0263. The number of rotatable bonds is 8. The molecule has 240 valence electrons. The molecule has 0 unspecified atom stereocenters. The molecule has 46 heavy (non-hydrogen) atoms. The lowest BCUT2D eigenvalue weighted by molar-refractivity contribution is -0.139. The molecule has 3 amide bonds. The van der Waals surface area contributed by atoms with Crippen LogP contribution in [0, 0.1) is 6.92 Å². The number of hydrogen-bond acceptors (Lipinski definition) is 6. The summed E-state index contributed by atoms with van der Waals surface area (Å²) in [4.78, 5) is 53.2. The van der Waals surface area contributed by atoms with Crippen LogP contribution in [-0.4, -0.2) is 71.5 Å². The molecular weight excluding hydrogens is 679 g/mol. The first-order chi connectivity index (χ1) is 21.7. The molecule has 0 aliphatic carbocycles. The fourth-order valence-electron chi connectivity index (χ4n) is 5.41. The fourth-order valence-corrected chi connectivity index (χ4v) is 7.11. The van der Waals surface area contributed by atoms with Crippen LogP contribution in [-0.2, 0) is 27.8 Å². The van der Waals surface area contributed by atoms with Gasteiger partial charge in [-0.15, -0.1) is 0 Å². The van der Waals surface area contributed by atoms with E-state index < -0.39 is 40.4 Å². The van der Waals surface area contributed by atoms with E-state index in [0.717, 1.165) is 10.2 Å². The maximum absolute atomic E-state index is 13.3. The predicted octanol–water partition coefficient (Wildman–Crippen LogP) is 4.53. The maximum atomic E-state index is 13.3. The normalized spacial score (nSPS) is 13.6. The van der Waals surface area contributed by atoms with Gasteiger partial charge in [0.15, 0.2) is 0 Å². The number of aryl methyl sites for hydroxylation is 1. The minimum atomic E-state index is -3.75. The van der Waals surface area contributed by atoms with Crippen molar-refractivity contribution in [3.63, 3.8) is 0 Å². The summed E-state index contributed by atoms with van der Waals surface area (Å²) in [6.07, 6.45) is 2.50. The van der Waals surface area contributed by atoms with Gasteiger partial charge in [0, 0.05) is 41.8 Å². The smallest absolute Gasteiger partial charge is 0.328 e. The zero-order valence-electron chi connectivity index (χ0n) is 24.4. The van der Waals surface area contributed by atoms with Gasteiger partial charge in [0.2, 0.25) is 10.0 Å². The number of benzene rings is 3. The molecule has 1 aromatic heterocycles. The quantitative estimate of drug-likeness (QED) is 0.243. The number of nitrogens with zero attached hydrogens (tertiary/aromatic N) is 2. The van der Waals surface area contributed by atoms with Crippen LogP contribution in [0.1, 0.15) is 47.8 Å². The SMILES string of the molecule is Cc1cccc2c1c(C(=O)NC[C@H](NC(=O)c1c(Cl)cc3c(c1Cl)CCN(C(=O)c1ccc(Cl)cc1)C3)C(=O)O)cn2S(C)(=O)=O. The Labute approximate surface area is 279 Å². The molecule has 5 rings (SSSR count). The zero-order chi connectivity index (χ0) is 33.5. The van der Waals surface area contributed by atoms with Crippen LogP contribution < -0.4 is 10.6 Å². The van der Waals surface area contributed by atoms with Crippen LogP contribution in [0.2, 0.25) is 15.1 Å². The number of hydrogen-bond donors (Lipinski definition) is 3. The summed E-state index contributed by atoms with van der Waals surface area (Å²) in [6.45, 7) is 1.69. The average Bonchev–Trinajstić information content (AvgIpc) is 3.41. The van der Waals surface area contributed by atoms with Gasteiger partial charge in [0.1, 0.15) is 6.04 Å². The summed E-state index contributed by atoms with van der Waals surface area (Å²) >= 11 is 19.0. The second-order valence-electron chi connectivity index (χ2n) is 10.8. The Morgan fingerprint density at radius 1 is 1.02 bits per heavy atom. The van der Waals surface area contributed by atoms with Gasteiger partial charge in [-0.1, -0.05) is 46.9 Å². The standard InChI is InChI=1S/C31H27Cl3N4O7S/c1-16-4-3-5-24-25(16)21(15-38(24)46(2,44)45)28(39)35-13-23(31(42)43)36-29(40)26-22(33)12-18-14-37(11-10-20(18)27(26)34)30(41)17-6-8-19(32)9-7-17/h3-9,12,15,23H,10-11,13-14H2,1-2H3,(H,35,39)(H,36,40)(H,42,43)/t23-/m0/s1. The Bertz CT molecular complexity index is 2030. The lowest BCUT2D eigenvalue weighted by Gasteiger charge is -2.30. The highest BCUT2D eigenvalue weighted by molar-refractivity contribution is 7.89. The summed E-state index contributed by atoms with van der Waals surface area (Å²) in [7, 11) is -3.75. The summed E-state index contributed by atoms with van der Waals surface area (Å²) < 4.78 is 25.6. The molecule has 1 aliphatic heterocycles. The van der Waals surface area contributed by atoms with Crippen molar-refractivity contribution >= 4 is 79.4 Å². The third-order valence-electron chi connectivity index (χ3n) is 7.69. The number of carbonyl (C=O) groups is 4. The number of amides is 3. The van der Waals surface area contributed by atoms with Gasteiger partial charge >= 0.3 is 5.97 Å². The van der Waals surface area contributed by atoms with E-state index in [9.17, 15) is 32.7 Å². The van der Waals surface area contributed by atoms with E-state index in [2.05, 4.69) is 10.6 Å². The van der Waals surface area contributed by atoms with Gasteiger partial charge in [-0.2, -0.15) is 0 Å². The Balaban J connectivity index is 1.32. The molecule has 3 aromatic carbocycles. The Morgan fingerprint density at radius 2 is 1.72 bits per heavy atom. The van der Waals surface area contributed by atoms with Crippen LogP contribution in [0.3, 0.4) is 0 Å². The van der Waals surface area contributed by atoms with E-state index in [1.54, 1.807) is 54.3 Å². The minimum Gasteiger partial charge on any atom is -0.480 e. The Hall–Kier alpha value is -4.10. The second kappa shape index (κ2) is 13.0. The average molecular weight is 706 g/mol. The largest absolute Gasteiger partial charge is 0.480 e. The maximum Gasteiger partial charge on any atom is 0.328 e. The Morgan fingerprint density at radius 3 is 2.37 bits per heavy atom. The molecule has 2 heterocycles. The molecule has 0 radical (unpaired) electrons. The van der Waals surface area contributed by atoms with Crippen molar-refractivity contribution in [3.05, 3.63) is 103 Å². The lowest BCUT2D eigenvalue weighted by Crippen LogP contribution is -2.48. The lowest BCUT2D eigenvalue weighted by atomic mass is 9.96. The van der Waals surface area contributed by atoms with Crippen molar-refractivity contribution in [2.24, 2.45) is 0 Å². The van der Waals surface area contributed by atoms with Gasteiger partial charge in [0.25, 0.3) is 17.7 Å². The molecule has 1 atom stereocenters. The molecule has 0 saturated carbocycles. The van der Waals surface area contributed by atoms with E-state index in [1.807, 2.05) is 0 Å². The van der Waals surface area contributed by atoms with E-state index in [-0.39, 0.29) is 33.6 Å². The van der Waals surface area contributed by atoms with Gasteiger partial charge in [-0.05, 0) is 66.4 Å². The highest BCUT2D eigenvalue weighted by atomic mass is 35.5. The number of carboxylic acids is 1. The van der Waals surface area contributed by atoms with Gasteiger partial charge in [0.05, 0.1) is 32.9 Å². The summed E-state index contributed by atoms with van der Waals surface area (Å²) in [5.74, 6) is -3.25. The molecule has 0 fully saturated rings. The first-order valence-corrected chi connectivity index (χ1v) is 16.8.